The molecule has 0 radical (unpaired) electrons. The van der Waals surface area contributed by atoms with Gasteiger partial charge in [-0.25, -0.2) is 8.78 Å². The lowest BCUT2D eigenvalue weighted by Gasteiger charge is -2.24. The van der Waals surface area contributed by atoms with Crippen LogP contribution in [0.5, 0.6) is 0 Å². The zero-order valence-corrected chi connectivity index (χ0v) is 13.2. The molecule has 0 aromatic heterocycles. The first-order valence-corrected chi connectivity index (χ1v) is 7.37. The molecule has 0 heterocycles. The molecule has 0 saturated heterocycles. The zero-order chi connectivity index (χ0) is 15.8. The molecule has 1 aromatic carbocycles. The Morgan fingerprint density at radius 3 is 2.62 bits per heavy atom. The van der Waals surface area contributed by atoms with Crippen LogP contribution in [0.1, 0.15) is 29.8 Å². The van der Waals surface area contributed by atoms with Crippen molar-refractivity contribution in [2.24, 2.45) is 11.3 Å². The van der Waals surface area contributed by atoms with Crippen molar-refractivity contribution in [3.63, 3.8) is 0 Å². The molecule has 0 saturated carbocycles. The van der Waals surface area contributed by atoms with Crippen LogP contribution in [0, 0.1) is 11.3 Å². The topological polar surface area (TPSA) is 43.4 Å². The number of benzene rings is 1. The molecule has 3 nitrogen and oxygen atoms in total. The smallest absolute Gasteiger partial charge is 0.326 e. The van der Waals surface area contributed by atoms with Crippen LogP contribution < -0.4 is 0 Å². The maximum absolute atomic E-state index is 13.6. The molecule has 21 heavy (non-hydrogen) atoms. The molecule has 0 bridgehead atoms. The van der Waals surface area contributed by atoms with Crippen molar-refractivity contribution in [1.82, 2.24) is 0 Å². The van der Waals surface area contributed by atoms with E-state index in [1.54, 1.807) is 26.0 Å². The van der Waals surface area contributed by atoms with E-state index >= 15 is 0 Å². The Hall–Kier alpha value is -1.30. The second-order valence-electron chi connectivity index (χ2n) is 5.54. The summed E-state index contributed by atoms with van der Waals surface area (Å²) in [6.45, 7) is 3.60. The Bertz CT molecular complexity index is 586. The van der Waals surface area contributed by atoms with Crippen LogP contribution in [0.4, 0.5) is 8.78 Å². The van der Waals surface area contributed by atoms with Gasteiger partial charge in [0.25, 0.3) is 6.43 Å². The normalized spacial score (nSPS) is 21.0. The molecular formula is C15H15BrF2O3. The summed E-state index contributed by atoms with van der Waals surface area (Å²) in [6, 6.07) is 4.71. The standard InChI is InChI=1S/C15H15BrF2O3/c1-8(2)7-21-14(20)15(13(17)18)6-10-9(12(15)19)4-3-5-11(10)16/h3-5,8,13H,6-7H2,1-2H3. The minimum Gasteiger partial charge on any atom is -0.464 e. The van der Waals surface area contributed by atoms with Crippen LogP contribution in [0.15, 0.2) is 22.7 Å². The Labute approximate surface area is 129 Å². The number of carbonyl (C=O) groups excluding carboxylic acids is 2. The highest BCUT2D eigenvalue weighted by Gasteiger charge is 2.60. The molecule has 1 aromatic rings. The number of ether oxygens (including phenoxy) is 1. The number of Topliss-reactive ketones (excluding diaryl/α,β-unsaturated/α-hetero) is 1. The van der Waals surface area contributed by atoms with E-state index in [4.69, 9.17) is 4.74 Å². The van der Waals surface area contributed by atoms with Gasteiger partial charge in [-0.1, -0.05) is 41.9 Å². The summed E-state index contributed by atoms with van der Waals surface area (Å²) in [5.41, 5.74) is -1.82. The van der Waals surface area contributed by atoms with Gasteiger partial charge in [0.1, 0.15) is 0 Å². The number of carbonyl (C=O) groups is 2. The van der Waals surface area contributed by atoms with E-state index < -0.39 is 23.6 Å². The molecule has 1 aliphatic rings. The predicted molar refractivity (Wildman–Crippen MR) is 76.4 cm³/mol. The molecule has 0 N–H and O–H groups in total. The Balaban J connectivity index is 2.40. The number of alkyl halides is 2. The van der Waals surface area contributed by atoms with Crippen molar-refractivity contribution in [3.8, 4) is 0 Å². The van der Waals surface area contributed by atoms with Crippen LogP contribution >= 0.6 is 15.9 Å². The van der Waals surface area contributed by atoms with Gasteiger partial charge in [0.05, 0.1) is 6.61 Å². The fourth-order valence-electron chi connectivity index (χ4n) is 2.35. The van der Waals surface area contributed by atoms with Gasteiger partial charge in [0.2, 0.25) is 0 Å². The lowest BCUT2D eigenvalue weighted by atomic mass is 9.84. The van der Waals surface area contributed by atoms with Crippen molar-refractivity contribution in [2.75, 3.05) is 6.61 Å². The van der Waals surface area contributed by atoms with Crippen LogP contribution in [0.2, 0.25) is 0 Å². The third-order valence-electron chi connectivity index (χ3n) is 3.51. The van der Waals surface area contributed by atoms with Gasteiger partial charge in [0, 0.05) is 16.5 Å². The number of esters is 1. The first-order valence-electron chi connectivity index (χ1n) is 6.58. The monoisotopic (exact) mass is 360 g/mol. The highest BCUT2D eigenvalue weighted by Crippen LogP contribution is 2.45. The highest BCUT2D eigenvalue weighted by molar-refractivity contribution is 9.10. The summed E-state index contributed by atoms with van der Waals surface area (Å²) in [6.07, 6.45) is -3.44. The fourth-order valence-corrected chi connectivity index (χ4v) is 2.86. The highest BCUT2D eigenvalue weighted by atomic mass is 79.9. The Morgan fingerprint density at radius 2 is 2.10 bits per heavy atom. The molecule has 1 unspecified atom stereocenters. The summed E-state index contributed by atoms with van der Waals surface area (Å²) >= 11 is 3.24. The molecule has 6 heteroatoms. The van der Waals surface area contributed by atoms with Crippen molar-refractivity contribution >= 4 is 27.7 Å². The molecule has 0 aliphatic heterocycles. The fraction of sp³-hybridized carbons (Fsp3) is 0.467. The summed E-state index contributed by atoms with van der Waals surface area (Å²) < 4.78 is 32.6. The lowest BCUT2D eigenvalue weighted by Crippen LogP contribution is -2.45. The summed E-state index contributed by atoms with van der Waals surface area (Å²) in [5.74, 6) is -1.99. The van der Waals surface area contributed by atoms with Crippen molar-refractivity contribution in [3.05, 3.63) is 33.8 Å². The SMILES string of the molecule is CC(C)COC(=O)C1(C(F)F)Cc2c(Br)cccc2C1=O. The van der Waals surface area contributed by atoms with Gasteiger partial charge < -0.3 is 4.74 Å². The number of fused-ring (bicyclic) bond motifs is 1. The van der Waals surface area contributed by atoms with E-state index in [0.717, 1.165) is 0 Å². The second-order valence-corrected chi connectivity index (χ2v) is 6.39. The second kappa shape index (κ2) is 5.83. The molecule has 1 aliphatic carbocycles. The van der Waals surface area contributed by atoms with Crippen molar-refractivity contribution in [1.29, 1.82) is 0 Å². The van der Waals surface area contributed by atoms with Gasteiger partial charge in [-0.3, -0.25) is 9.59 Å². The van der Waals surface area contributed by atoms with E-state index in [0.29, 0.717) is 10.0 Å². The number of hydrogen-bond acceptors (Lipinski definition) is 3. The van der Waals surface area contributed by atoms with E-state index in [1.807, 2.05) is 0 Å². The van der Waals surface area contributed by atoms with Crippen molar-refractivity contribution < 1.29 is 23.1 Å². The van der Waals surface area contributed by atoms with Gasteiger partial charge in [-0.05, 0) is 17.5 Å². The van der Waals surface area contributed by atoms with Crippen LogP contribution in [0.25, 0.3) is 0 Å². The molecule has 114 valence electrons. The van der Waals surface area contributed by atoms with Gasteiger partial charge in [-0.15, -0.1) is 0 Å². The van der Waals surface area contributed by atoms with Crippen LogP contribution in [-0.4, -0.2) is 24.8 Å². The van der Waals surface area contributed by atoms with Crippen LogP contribution in [-0.2, 0) is 16.0 Å². The first kappa shape index (κ1) is 16.1. The quantitative estimate of drug-likeness (QED) is 0.608. The molecular weight excluding hydrogens is 346 g/mol. The maximum atomic E-state index is 13.6. The molecule has 2 rings (SSSR count). The van der Waals surface area contributed by atoms with Gasteiger partial charge in [0.15, 0.2) is 11.2 Å². The summed E-state index contributed by atoms with van der Waals surface area (Å²) in [7, 11) is 0. The first-order chi connectivity index (χ1) is 9.80. The number of hydrogen-bond donors (Lipinski definition) is 0. The summed E-state index contributed by atoms with van der Waals surface area (Å²) in [4.78, 5) is 24.6. The maximum Gasteiger partial charge on any atom is 0.326 e. The Kier molecular flexibility index (Phi) is 4.46. The minimum absolute atomic E-state index is 0.00860. The van der Waals surface area contributed by atoms with E-state index in [-0.39, 0.29) is 24.5 Å². The zero-order valence-electron chi connectivity index (χ0n) is 11.7. The predicted octanol–water partition coefficient (Wildman–Crippen LogP) is 3.64. The van der Waals surface area contributed by atoms with E-state index in [1.165, 1.54) is 6.07 Å². The lowest BCUT2D eigenvalue weighted by molar-refractivity contribution is -0.161. The third kappa shape index (κ3) is 2.61. The average molecular weight is 361 g/mol. The third-order valence-corrected chi connectivity index (χ3v) is 4.25. The van der Waals surface area contributed by atoms with E-state index in [9.17, 15) is 18.4 Å². The largest absolute Gasteiger partial charge is 0.464 e. The van der Waals surface area contributed by atoms with Crippen LogP contribution in [0.3, 0.4) is 0 Å². The van der Waals surface area contributed by atoms with Crippen molar-refractivity contribution in [2.45, 2.75) is 26.7 Å². The average Bonchev–Trinajstić information content (AvgIpc) is 2.72. The van der Waals surface area contributed by atoms with Gasteiger partial charge >= 0.3 is 5.97 Å². The van der Waals surface area contributed by atoms with Gasteiger partial charge in [-0.2, -0.15) is 0 Å². The molecule has 1 atom stereocenters. The minimum atomic E-state index is -3.11. The number of rotatable bonds is 4. The number of ketones is 1. The molecule has 0 amide bonds. The Morgan fingerprint density at radius 1 is 1.43 bits per heavy atom. The molecule has 0 spiro atoms. The number of halogens is 3. The van der Waals surface area contributed by atoms with E-state index in [2.05, 4.69) is 15.9 Å². The summed E-state index contributed by atoms with van der Waals surface area (Å²) in [5, 5.41) is 0. The molecule has 0 fully saturated rings.